The van der Waals surface area contributed by atoms with Crippen LogP contribution in [-0.4, -0.2) is 30.0 Å². The molecule has 0 aromatic heterocycles. The van der Waals surface area contributed by atoms with Crippen molar-refractivity contribution in [2.24, 2.45) is 20.5 Å². The summed E-state index contributed by atoms with van der Waals surface area (Å²) < 4.78 is 33.9. The predicted octanol–water partition coefficient (Wildman–Crippen LogP) is 15.6. The molecule has 13 heteroatoms. The van der Waals surface area contributed by atoms with E-state index in [1.165, 1.54) is 36.8 Å². The molecule has 302 valence electrons. The van der Waals surface area contributed by atoms with Crippen molar-refractivity contribution in [2.75, 3.05) is 26.4 Å². The van der Waals surface area contributed by atoms with Gasteiger partial charge in [0.1, 0.15) is 11.5 Å². The fourth-order valence-electron chi connectivity index (χ4n) is 5.36. The van der Waals surface area contributed by atoms with Crippen molar-refractivity contribution in [3.8, 4) is 11.5 Å². The lowest BCUT2D eigenvalue weighted by Crippen LogP contribution is -2.12. The molecule has 0 radical (unpaired) electrons. The molecule has 0 aliphatic heterocycles. The van der Waals surface area contributed by atoms with Crippen molar-refractivity contribution in [2.45, 2.75) is 94.4 Å². The highest BCUT2D eigenvalue weighted by Crippen LogP contribution is 2.66. The van der Waals surface area contributed by atoms with E-state index < -0.39 is 11.1 Å². The van der Waals surface area contributed by atoms with Crippen LogP contribution < -0.4 is 9.47 Å². The fourth-order valence-corrected chi connectivity index (χ4v) is 7.35. The standard InChI is InChI=1S/C43H54Cl3N4O5P/c1-3-5-13-35-15-19-37(20-16-35)47-49-39-23-27-41(28-24-39)52-31-9-7-11-33-54-56(51,43(44,45)46)55-34-12-8-10-32-53-42-29-25-40(26-30-42)50-48-38-21-17-36(18-22-38)14-6-4-2/h15-30H,3-14,31-34H2,1-2H3. The molecule has 4 aromatic carbocycles. The first-order valence-electron chi connectivity index (χ1n) is 19.6. The summed E-state index contributed by atoms with van der Waals surface area (Å²) in [5.41, 5.74) is 5.77. The molecule has 0 aliphatic rings. The predicted molar refractivity (Wildman–Crippen MR) is 230 cm³/mol. The number of aryl methyl sites for hydroxylation is 2. The van der Waals surface area contributed by atoms with E-state index in [1.54, 1.807) is 0 Å². The van der Waals surface area contributed by atoms with Gasteiger partial charge in [-0.15, -0.1) is 0 Å². The smallest absolute Gasteiger partial charge is 0.381 e. The minimum atomic E-state index is -3.98. The molecule has 0 spiro atoms. The number of unbranched alkanes of at least 4 members (excludes halogenated alkanes) is 6. The Morgan fingerprint density at radius 1 is 0.464 bits per heavy atom. The van der Waals surface area contributed by atoms with E-state index in [2.05, 4.69) is 58.6 Å². The topological polar surface area (TPSA) is 103 Å². The second-order valence-corrected chi connectivity index (χ2v) is 18.6. The van der Waals surface area contributed by atoms with Crippen LogP contribution in [0.4, 0.5) is 22.7 Å². The van der Waals surface area contributed by atoms with Crippen LogP contribution in [0.15, 0.2) is 118 Å². The highest BCUT2D eigenvalue weighted by atomic mass is 35.6. The Labute approximate surface area is 347 Å². The van der Waals surface area contributed by atoms with E-state index in [9.17, 15) is 4.57 Å². The van der Waals surface area contributed by atoms with Crippen LogP contribution in [-0.2, 0) is 26.5 Å². The minimum Gasteiger partial charge on any atom is -0.494 e. The van der Waals surface area contributed by atoms with Crippen LogP contribution in [0.1, 0.15) is 89.2 Å². The first-order valence-corrected chi connectivity index (χ1v) is 22.3. The molecule has 0 saturated heterocycles. The molecule has 9 nitrogen and oxygen atoms in total. The normalized spacial score (nSPS) is 13.0. The summed E-state index contributed by atoms with van der Waals surface area (Å²) in [7, 11) is -3.98. The summed E-state index contributed by atoms with van der Waals surface area (Å²) in [5.74, 6) is 1.49. The molecule has 0 unspecified atom stereocenters. The first-order chi connectivity index (χ1) is 27.2. The Hall–Kier alpha value is -3.30. The van der Waals surface area contributed by atoms with Gasteiger partial charge < -0.3 is 18.5 Å². The third kappa shape index (κ3) is 17.1. The van der Waals surface area contributed by atoms with Gasteiger partial charge in [0.2, 0.25) is 0 Å². The van der Waals surface area contributed by atoms with Gasteiger partial charge in [-0.25, -0.2) is 0 Å². The van der Waals surface area contributed by atoms with Gasteiger partial charge in [-0.05, 0) is 148 Å². The van der Waals surface area contributed by atoms with Crippen LogP contribution in [0.2, 0.25) is 0 Å². The van der Waals surface area contributed by atoms with E-state index in [0.29, 0.717) is 26.1 Å². The Morgan fingerprint density at radius 3 is 1.11 bits per heavy atom. The van der Waals surface area contributed by atoms with Gasteiger partial charge in [-0.1, -0.05) is 85.8 Å². The van der Waals surface area contributed by atoms with Crippen molar-refractivity contribution in [3.05, 3.63) is 108 Å². The Morgan fingerprint density at radius 2 is 0.786 bits per heavy atom. The van der Waals surface area contributed by atoms with E-state index in [-0.39, 0.29) is 13.2 Å². The van der Waals surface area contributed by atoms with Crippen molar-refractivity contribution in [3.63, 3.8) is 0 Å². The summed E-state index contributed by atoms with van der Waals surface area (Å²) in [6, 6.07) is 31.4. The third-order valence-electron chi connectivity index (χ3n) is 8.69. The number of azo groups is 2. The maximum Gasteiger partial charge on any atom is 0.381 e. The average molecular weight is 844 g/mol. The van der Waals surface area contributed by atoms with Gasteiger partial charge in [-0.2, -0.15) is 20.5 Å². The van der Waals surface area contributed by atoms with Crippen LogP contribution in [0.3, 0.4) is 0 Å². The summed E-state index contributed by atoms with van der Waals surface area (Å²) in [4.78, 5) is 0. The molecule has 4 aromatic rings. The van der Waals surface area contributed by atoms with Crippen molar-refractivity contribution in [1.82, 2.24) is 0 Å². The first kappa shape index (κ1) is 45.4. The quantitative estimate of drug-likeness (QED) is 0.0271. The number of halogens is 3. The molecule has 0 bridgehead atoms. The fraction of sp³-hybridized carbons (Fsp3) is 0.442. The number of hydrogen-bond acceptors (Lipinski definition) is 9. The molecular formula is C43H54Cl3N4O5P. The van der Waals surface area contributed by atoms with Gasteiger partial charge in [0.25, 0.3) is 3.53 Å². The number of alkyl halides is 3. The number of nitrogens with zero attached hydrogens (tertiary/aromatic N) is 4. The van der Waals surface area contributed by atoms with E-state index >= 15 is 0 Å². The van der Waals surface area contributed by atoms with E-state index in [0.717, 1.165) is 72.8 Å². The number of rotatable bonds is 26. The van der Waals surface area contributed by atoms with E-state index in [1.807, 2.05) is 72.8 Å². The van der Waals surface area contributed by atoms with E-state index in [4.69, 9.17) is 53.3 Å². The maximum absolute atomic E-state index is 13.3. The summed E-state index contributed by atoms with van der Waals surface area (Å²) >= 11 is 18.1. The Kier molecular flexibility index (Phi) is 20.4. The zero-order chi connectivity index (χ0) is 39.9. The van der Waals surface area contributed by atoms with Gasteiger partial charge in [-0.3, -0.25) is 4.57 Å². The second kappa shape index (κ2) is 25.1. The van der Waals surface area contributed by atoms with Crippen molar-refractivity contribution < 1.29 is 23.1 Å². The highest BCUT2D eigenvalue weighted by molar-refractivity contribution is 7.62. The maximum atomic E-state index is 13.3. The second-order valence-electron chi connectivity index (χ2n) is 13.4. The van der Waals surface area contributed by atoms with Crippen molar-refractivity contribution >= 4 is 65.1 Å². The molecular weight excluding hydrogens is 790 g/mol. The Balaban J connectivity index is 1.04. The van der Waals surface area contributed by atoms with Gasteiger partial charge in [0.15, 0.2) is 0 Å². The van der Waals surface area contributed by atoms with Crippen LogP contribution in [0, 0.1) is 0 Å². The summed E-state index contributed by atoms with van der Waals surface area (Å²) in [5, 5.41) is 17.3. The SMILES string of the molecule is CCCCc1ccc(N=Nc2ccc(OCCCCCOP(=O)(OCCCCCOc3ccc(N=Nc4ccc(CCCC)cc4)cc3)C(Cl)(Cl)Cl)cc2)cc1. The molecule has 0 heterocycles. The number of ether oxygens (including phenoxy) is 2. The zero-order valence-electron chi connectivity index (χ0n) is 32.5. The number of benzene rings is 4. The molecule has 0 aliphatic carbocycles. The lowest BCUT2D eigenvalue weighted by Gasteiger charge is -2.24. The molecule has 0 amide bonds. The largest absolute Gasteiger partial charge is 0.494 e. The Bertz CT molecular complexity index is 1660. The van der Waals surface area contributed by atoms with Gasteiger partial charge >= 0.3 is 7.60 Å². The molecule has 0 atom stereocenters. The van der Waals surface area contributed by atoms with Crippen LogP contribution in [0.25, 0.3) is 0 Å². The third-order valence-corrected chi connectivity index (χ3v) is 12.2. The zero-order valence-corrected chi connectivity index (χ0v) is 35.6. The monoisotopic (exact) mass is 842 g/mol. The average Bonchev–Trinajstić information content (AvgIpc) is 3.21. The summed E-state index contributed by atoms with van der Waals surface area (Å²) in [6.45, 7) is 5.68. The van der Waals surface area contributed by atoms with Crippen LogP contribution in [0.5, 0.6) is 11.5 Å². The summed E-state index contributed by atoms with van der Waals surface area (Å²) in [6.07, 6.45) is 11.2. The molecule has 0 saturated carbocycles. The molecule has 56 heavy (non-hydrogen) atoms. The highest BCUT2D eigenvalue weighted by Gasteiger charge is 2.47. The lowest BCUT2D eigenvalue weighted by molar-refractivity contribution is 0.194. The molecule has 4 rings (SSSR count). The van der Waals surface area contributed by atoms with Gasteiger partial charge in [0.05, 0.1) is 49.2 Å². The number of hydrogen-bond donors (Lipinski definition) is 0. The molecule has 0 N–H and O–H groups in total. The van der Waals surface area contributed by atoms with Gasteiger partial charge in [0, 0.05) is 0 Å². The minimum absolute atomic E-state index is 0.132. The van der Waals surface area contributed by atoms with Crippen LogP contribution >= 0.6 is 42.4 Å². The lowest BCUT2D eigenvalue weighted by atomic mass is 10.1. The van der Waals surface area contributed by atoms with Crippen molar-refractivity contribution in [1.29, 1.82) is 0 Å². The molecule has 0 fully saturated rings.